The molecule has 0 aromatic heterocycles. The van der Waals surface area contributed by atoms with Crippen molar-refractivity contribution in [2.45, 2.75) is 32.2 Å². The maximum atomic E-state index is 13.6. The number of anilines is 1. The van der Waals surface area contributed by atoms with Crippen LogP contribution in [0.25, 0.3) is 0 Å². The van der Waals surface area contributed by atoms with Gasteiger partial charge in [-0.05, 0) is 45.4 Å². The van der Waals surface area contributed by atoms with Gasteiger partial charge in [0.25, 0.3) is 0 Å². The number of likely N-dealkylation sites (N-methyl/N-ethyl adjacent to an activating group) is 1. The molecule has 1 aliphatic heterocycles. The molecule has 10 heteroatoms. The van der Waals surface area contributed by atoms with Crippen LogP contribution in [0.4, 0.5) is 18.9 Å². The van der Waals surface area contributed by atoms with Crippen LogP contribution in [0.15, 0.2) is 12.1 Å². The molecule has 2 rings (SSSR count). The highest BCUT2D eigenvalue weighted by molar-refractivity contribution is 5.93. The molecule has 1 N–H and O–H groups in total. The Balaban J connectivity index is 1.92. The molecule has 1 saturated heterocycles. The number of rotatable bonds is 7. The highest BCUT2D eigenvalue weighted by Gasteiger charge is 2.33. The van der Waals surface area contributed by atoms with Crippen LogP contribution >= 0.6 is 0 Å². The van der Waals surface area contributed by atoms with Gasteiger partial charge in [0.2, 0.25) is 11.8 Å². The second-order valence-corrected chi connectivity index (χ2v) is 6.79. The van der Waals surface area contributed by atoms with Crippen LogP contribution in [0.2, 0.25) is 0 Å². The van der Waals surface area contributed by atoms with Gasteiger partial charge < -0.3 is 15.0 Å². The van der Waals surface area contributed by atoms with E-state index in [4.69, 9.17) is 4.74 Å². The van der Waals surface area contributed by atoms with E-state index in [1.54, 1.807) is 6.92 Å². The Labute approximate surface area is 166 Å². The number of hydrogen-bond acceptors (Lipinski definition) is 5. The third-order valence-electron chi connectivity index (χ3n) is 4.51. The normalized spacial score (nSPS) is 16.6. The Morgan fingerprint density at radius 2 is 1.90 bits per heavy atom. The summed E-state index contributed by atoms with van der Waals surface area (Å²) in [6.45, 7) is 1.89. The fraction of sp³-hybridized carbons (Fsp3) is 0.526. The fourth-order valence-corrected chi connectivity index (χ4v) is 3.15. The zero-order valence-corrected chi connectivity index (χ0v) is 16.3. The van der Waals surface area contributed by atoms with Crippen molar-refractivity contribution in [2.24, 2.45) is 0 Å². The van der Waals surface area contributed by atoms with Gasteiger partial charge in [0.1, 0.15) is 6.04 Å². The van der Waals surface area contributed by atoms with E-state index >= 15 is 0 Å². The van der Waals surface area contributed by atoms with Gasteiger partial charge in [-0.3, -0.25) is 14.5 Å². The second kappa shape index (κ2) is 10.2. The highest BCUT2D eigenvalue weighted by Crippen LogP contribution is 2.20. The van der Waals surface area contributed by atoms with Crippen molar-refractivity contribution >= 4 is 23.5 Å². The molecule has 0 radical (unpaired) electrons. The van der Waals surface area contributed by atoms with Gasteiger partial charge in [0.15, 0.2) is 17.5 Å². The van der Waals surface area contributed by atoms with Crippen molar-refractivity contribution in [3.8, 4) is 0 Å². The largest absolute Gasteiger partial charge is 0.464 e. The quantitative estimate of drug-likeness (QED) is 0.544. The van der Waals surface area contributed by atoms with E-state index < -0.39 is 41.1 Å². The molecular formula is C19H24F3N3O4. The molecular weight excluding hydrogens is 391 g/mol. The van der Waals surface area contributed by atoms with Crippen LogP contribution < -0.4 is 5.32 Å². The Bertz CT molecular complexity index is 775. The van der Waals surface area contributed by atoms with Crippen molar-refractivity contribution < 1.29 is 32.3 Å². The topological polar surface area (TPSA) is 79.0 Å². The molecule has 1 heterocycles. The number of benzene rings is 1. The number of likely N-dealkylation sites (tertiary alicyclic amines) is 1. The summed E-state index contributed by atoms with van der Waals surface area (Å²) in [6, 6.07) is 0.969. The molecule has 1 aliphatic rings. The summed E-state index contributed by atoms with van der Waals surface area (Å²) in [5.74, 6) is -6.03. The molecule has 29 heavy (non-hydrogen) atoms. The zero-order chi connectivity index (χ0) is 21.6. The van der Waals surface area contributed by atoms with Crippen LogP contribution in [0.3, 0.4) is 0 Å². The lowest BCUT2D eigenvalue weighted by molar-refractivity contribution is -0.157. The van der Waals surface area contributed by atoms with Gasteiger partial charge in [-0.25, -0.2) is 18.0 Å². The number of piperidine rings is 1. The van der Waals surface area contributed by atoms with Crippen molar-refractivity contribution in [1.29, 1.82) is 0 Å². The number of esters is 1. The number of nitrogens with one attached hydrogen (secondary N) is 1. The zero-order valence-electron chi connectivity index (χ0n) is 16.3. The first-order chi connectivity index (χ1) is 13.7. The van der Waals surface area contributed by atoms with Crippen molar-refractivity contribution in [2.75, 3.05) is 38.6 Å². The summed E-state index contributed by atoms with van der Waals surface area (Å²) in [5.41, 5.74) is -0.493. The molecule has 1 atom stereocenters. The standard InChI is InChI=1S/C19H24F3N3O4/c1-3-29-19(28)14-6-4-5-9-25(14)16(27)11-24(2)10-15(26)23-13-8-7-12(20)17(21)18(13)22/h7-8,14H,3-6,9-11H2,1-2H3,(H,23,26)/t14-/m1/s1. The minimum Gasteiger partial charge on any atom is -0.464 e. The summed E-state index contributed by atoms with van der Waals surface area (Å²) in [4.78, 5) is 39.6. The smallest absolute Gasteiger partial charge is 0.328 e. The number of carbonyl (C=O) groups is 3. The Kier molecular flexibility index (Phi) is 8.00. The number of halogens is 3. The first-order valence-electron chi connectivity index (χ1n) is 9.32. The molecule has 2 amide bonds. The minimum absolute atomic E-state index is 0.149. The molecule has 160 valence electrons. The van der Waals surface area contributed by atoms with Crippen molar-refractivity contribution in [1.82, 2.24) is 9.80 Å². The van der Waals surface area contributed by atoms with Crippen molar-refractivity contribution in [3.63, 3.8) is 0 Å². The lowest BCUT2D eigenvalue weighted by Gasteiger charge is -2.35. The number of nitrogens with zero attached hydrogens (tertiary/aromatic N) is 2. The Hall–Kier alpha value is -2.62. The second-order valence-electron chi connectivity index (χ2n) is 6.79. The van der Waals surface area contributed by atoms with E-state index in [0.717, 1.165) is 18.9 Å². The molecule has 7 nitrogen and oxygen atoms in total. The maximum absolute atomic E-state index is 13.6. The van der Waals surface area contributed by atoms with Gasteiger partial charge in [-0.2, -0.15) is 0 Å². The Morgan fingerprint density at radius 1 is 1.17 bits per heavy atom. The van der Waals surface area contributed by atoms with E-state index in [-0.39, 0.29) is 25.6 Å². The molecule has 1 aromatic rings. The van der Waals surface area contributed by atoms with Gasteiger partial charge in [0.05, 0.1) is 25.4 Å². The van der Waals surface area contributed by atoms with Gasteiger partial charge >= 0.3 is 5.97 Å². The van der Waals surface area contributed by atoms with E-state index in [1.807, 2.05) is 0 Å². The summed E-state index contributed by atoms with van der Waals surface area (Å²) in [5, 5.41) is 2.14. The molecule has 0 spiro atoms. The monoisotopic (exact) mass is 415 g/mol. The lowest BCUT2D eigenvalue weighted by atomic mass is 10.0. The predicted octanol–water partition coefficient (Wildman–Crippen LogP) is 1.92. The minimum atomic E-state index is -1.68. The van der Waals surface area contributed by atoms with Crippen LogP contribution in [-0.2, 0) is 19.1 Å². The number of ether oxygens (including phenoxy) is 1. The van der Waals surface area contributed by atoms with Gasteiger partial charge in [-0.1, -0.05) is 0 Å². The molecule has 1 fully saturated rings. The third-order valence-corrected chi connectivity index (χ3v) is 4.51. The molecule has 0 unspecified atom stereocenters. The van der Waals surface area contributed by atoms with E-state index in [1.165, 1.54) is 16.8 Å². The van der Waals surface area contributed by atoms with E-state index in [2.05, 4.69) is 5.32 Å². The van der Waals surface area contributed by atoms with Gasteiger partial charge in [-0.15, -0.1) is 0 Å². The Morgan fingerprint density at radius 3 is 2.59 bits per heavy atom. The number of carbonyl (C=O) groups excluding carboxylic acids is 3. The molecule has 0 bridgehead atoms. The van der Waals surface area contributed by atoms with E-state index in [0.29, 0.717) is 19.0 Å². The molecule has 0 aliphatic carbocycles. The van der Waals surface area contributed by atoms with E-state index in [9.17, 15) is 27.6 Å². The van der Waals surface area contributed by atoms with Crippen LogP contribution in [0, 0.1) is 17.5 Å². The molecule has 1 aromatic carbocycles. The van der Waals surface area contributed by atoms with Crippen LogP contribution in [-0.4, -0.2) is 66.9 Å². The summed E-state index contributed by atoms with van der Waals surface area (Å²) in [7, 11) is 1.50. The number of amides is 2. The maximum Gasteiger partial charge on any atom is 0.328 e. The van der Waals surface area contributed by atoms with Crippen molar-refractivity contribution in [3.05, 3.63) is 29.6 Å². The average molecular weight is 415 g/mol. The molecule has 0 saturated carbocycles. The average Bonchev–Trinajstić information content (AvgIpc) is 2.68. The lowest BCUT2D eigenvalue weighted by Crippen LogP contribution is -2.51. The first-order valence-corrected chi connectivity index (χ1v) is 9.32. The first kappa shape index (κ1) is 22.7. The summed E-state index contributed by atoms with van der Waals surface area (Å²) < 4.78 is 44.9. The van der Waals surface area contributed by atoms with Crippen LogP contribution in [0.1, 0.15) is 26.2 Å². The highest BCUT2D eigenvalue weighted by atomic mass is 19.2. The predicted molar refractivity (Wildman–Crippen MR) is 98.4 cm³/mol. The third kappa shape index (κ3) is 5.93. The summed E-state index contributed by atoms with van der Waals surface area (Å²) >= 11 is 0. The fourth-order valence-electron chi connectivity index (χ4n) is 3.15. The SMILES string of the molecule is CCOC(=O)[C@H]1CCCCN1C(=O)CN(C)CC(=O)Nc1ccc(F)c(F)c1F. The summed E-state index contributed by atoms with van der Waals surface area (Å²) in [6.07, 6.45) is 2.09. The van der Waals surface area contributed by atoms with Gasteiger partial charge in [0, 0.05) is 6.54 Å². The number of hydrogen-bond donors (Lipinski definition) is 1. The van der Waals surface area contributed by atoms with Crippen LogP contribution in [0.5, 0.6) is 0 Å².